The highest BCUT2D eigenvalue weighted by Gasteiger charge is 2.44. The number of benzene rings is 1. The first-order valence-electron chi connectivity index (χ1n) is 10.1. The van der Waals surface area contributed by atoms with Crippen molar-refractivity contribution in [3.8, 4) is 0 Å². The molecule has 1 saturated heterocycles. The largest absolute Gasteiger partial charge is 0.324 e. The summed E-state index contributed by atoms with van der Waals surface area (Å²) in [5, 5.41) is 0.738. The minimum atomic E-state index is -0.245. The van der Waals surface area contributed by atoms with Crippen LogP contribution in [0, 0.1) is 0 Å². The Morgan fingerprint density at radius 2 is 1.83 bits per heavy atom. The number of nitrogens with zero attached hydrogens (tertiary/aromatic N) is 5. The van der Waals surface area contributed by atoms with E-state index in [4.69, 9.17) is 17.2 Å². The lowest BCUT2D eigenvalue weighted by atomic mass is 10.1. The van der Waals surface area contributed by atoms with Crippen molar-refractivity contribution in [3.63, 3.8) is 0 Å². The van der Waals surface area contributed by atoms with Gasteiger partial charge in [-0.2, -0.15) is 4.68 Å². The zero-order valence-corrected chi connectivity index (χ0v) is 18.6. The van der Waals surface area contributed by atoms with Crippen LogP contribution >= 0.6 is 23.6 Å². The number of hydrogen-bond acceptors (Lipinski definition) is 6. The summed E-state index contributed by atoms with van der Waals surface area (Å²) in [6.07, 6.45) is -0.407. The van der Waals surface area contributed by atoms with E-state index < -0.39 is 0 Å². The lowest BCUT2D eigenvalue weighted by Crippen LogP contribution is -2.55. The van der Waals surface area contributed by atoms with E-state index in [0.717, 1.165) is 29.5 Å². The Morgan fingerprint density at radius 1 is 1.10 bits per heavy atom. The molecule has 0 bridgehead atoms. The van der Waals surface area contributed by atoms with E-state index in [2.05, 4.69) is 10.3 Å². The third kappa shape index (κ3) is 2.43. The highest BCUT2D eigenvalue weighted by Crippen LogP contribution is 2.34. The number of fused-ring (bicyclic) bond motifs is 3. The third-order valence-electron chi connectivity index (χ3n) is 5.86. The molecule has 5 rings (SSSR count). The number of rotatable bonds is 3. The maximum absolute atomic E-state index is 13.4. The van der Waals surface area contributed by atoms with Gasteiger partial charge in [0.1, 0.15) is 4.53 Å². The number of thiocarbonyl (C=S) groups is 1. The number of amides is 1. The molecule has 3 aliphatic heterocycles. The summed E-state index contributed by atoms with van der Waals surface area (Å²) in [4.78, 5) is 37.8. The second-order valence-electron chi connectivity index (χ2n) is 7.27. The summed E-state index contributed by atoms with van der Waals surface area (Å²) in [5.41, 5.74) is 5.17. The van der Waals surface area contributed by atoms with Crippen molar-refractivity contribution in [1.82, 2.24) is 14.5 Å². The van der Waals surface area contributed by atoms with Gasteiger partial charge in [0, 0.05) is 25.2 Å². The van der Waals surface area contributed by atoms with Crippen LogP contribution in [0.15, 0.2) is 34.1 Å². The summed E-state index contributed by atoms with van der Waals surface area (Å²) in [6.45, 7) is 8.01. The molecule has 1 aromatic heterocycles. The van der Waals surface area contributed by atoms with E-state index in [1.165, 1.54) is 16.0 Å². The lowest BCUT2D eigenvalue weighted by Gasteiger charge is -2.29. The van der Waals surface area contributed by atoms with Crippen LogP contribution in [0.5, 0.6) is 0 Å². The molecule has 1 N–H and O–H groups in total. The molecule has 2 aromatic rings. The second kappa shape index (κ2) is 6.92. The van der Waals surface area contributed by atoms with E-state index in [1.54, 1.807) is 4.90 Å². The number of nitrogens with one attached hydrogen (secondary N) is 1. The maximum Gasteiger partial charge on any atom is 0.289 e. The number of anilines is 1. The summed E-state index contributed by atoms with van der Waals surface area (Å²) in [6, 6.07) is 7.61. The number of para-hydroxylation sites is 1. The monoisotopic (exact) mass is 442 g/mol. The van der Waals surface area contributed by atoms with Crippen molar-refractivity contribution in [3.05, 3.63) is 49.5 Å². The molecule has 1 aromatic carbocycles. The number of hydrogen-bond donors (Lipinski definition) is 1. The van der Waals surface area contributed by atoms with Gasteiger partial charge in [-0.1, -0.05) is 29.5 Å². The van der Waals surface area contributed by atoms with Crippen molar-refractivity contribution in [1.29, 1.82) is 0 Å². The van der Waals surface area contributed by atoms with E-state index >= 15 is 0 Å². The molecule has 156 valence electrons. The first-order valence-corrected chi connectivity index (χ1v) is 11.3. The maximum atomic E-state index is 13.4. The summed E-state index contributed by atoms with van der Waals surface area (Å²) in [5.74, 6) is -0.137. The van der Waals surface area contributed by atoms with E-state index in [9.17, 15) is 9.59 Å². The van der Waals surface area contributed by atoms with Crippen LogP contribution in [0.1, 0.15) is 26.3 Å². The topological polar surface area (TPSA) is 73.2 Å². The standard InChI is InChI=1S/C20H22N6O2S2/c1-4-23-12-10-8-7-9-11(12)13(17(23)27)14-18(28)26-19(30-14)21-15-16(22-26)25(6-3)20(29)24(15)5-2/h7-10,15-16,22H,4-6H2,1-3H3/b14-13-. The van der Waals surface area contributed by atoms with Crippen LogP contribution in [-0.2, 0) is 4.79 Å². The number of thiazole rings is 1. The highest BCUT2D eigenvalue weighted by molar-refractivity contribution is 7.80. The van der Waals surface area contributed by atoms with Gasteiger partial charge in [-0.15, -0.1) is 0 Å². The molecule has 3 aliphatic rings. The molecule has 30 heavy (non-hydrogen) atoms. The Hall–Kier alpha value is -2.72. The first-order chi connectivity index (χ1) is 14.5. The fraction of sp³-hybridized carbons (Fsp3) is 0.400. The molecule has 2 atom stereocenters. The lowest BCUT2D eigenvalue weighted by molar-refractivity contribution is -0.113. The number of likely N-dealkylation sites (N-methyl/N-ethyl adjacent to an activating group) is 3. The van der Waals surface area contributed by atoms with E-state index in [0.29, 0.717) is 21.5 Å². The van der Waals surface area contributed by atoms with Gasteiger partial charge < -0.3 is 14.7 Å². The van der Waals surface area contributed by atoms with Crippen LogP contribution in [-0.4, -0.2) is 57.5 Å². The van der Waals surface area contributed by atoms with Crippen molar-refractivity contribution >= 4 is 45.8 Å². The SMILES string of the molecule is CCN1C(=O)/C(=c2\sc3n(c2=O)NC2C(N=3)N(CC)C(=S)N2CC)c2ccccc21. The molecule has 1 amide bonds. The van der Waals surface area contributed by atoms with Gasteiger partial charge in [0.2, 0.25) is 4.80 Å². The Kier molecular flexibility index (Phi) is 4.44. The average molecular weight is 443 g/mol. The van der Waals surface area contributed by atoms with Gasteiger partial charge in [-0.3, -0.25) is 15.0 Å². The molecular formula is C20H22N6O2S2. The van der Waals surface area contributed by atoms with Gasteiger partial charge in [0.15, 0.2) is 17.4 Å². The predicted octanol–water partition coefficient (Wildman–Crippen LogP) is 0.247. The minimum Gasteiger partial charge on any atom is -0.324 e. The average Bonchev–Trinajstić information content (AvgIpc) is 3.31. The Labute approximate surface area is 182 Å². The van der Waals surface area contributed by atoms with Crippen molar-refractivity contribution in [2.45, 2.75) is 33.1 Å². The summed E-state index contributed by atoms with van der Waals surface area (Å²) < 4.78 is 1.90. The number of carbonyl (C=O) groups excluding carboxylic acids is 1. The van der Waals surface area contributed by atoms with Gasteiger partial charge in [-0.25, -0.2) is 4.99 Å². The van der Waals surface area contributed by atoms with Crippen LogP contribution in [0.4, 0.5) is 5.69 Å². The molecule has 0 radical (unpaired) electrons. The van der Waals surface area contributed by atoms with Crippen molar-refractivity contribution in [2.75, 3.05) is 30.0 Å². The van der Waals surface area contributed by atoms with Crippen molar-refractivity contribution in [2.24, 2.45) is 4.99 Å². The van der Waals surface area contributed by atoms with Crippen LogP contribution in [0.25, 0.3) is 5.57 Å². The van der Waals surface area contributed by atoms with Crippen molar-refractivity contribution < 1.29 is 4.79 Å². The van der Waals surface area contributed by atoms with E-state index in [-0.39, 0.29) is 23.8 Å². The number of aromatic nitrogens is 1. The molecule has 2 unspecified atom stereocenters. The normalized spacial score (nSPS) is 23.9. The summed E-state index contributed by atoms with van der Waals surface area (Å²) >= 11 is 6.86. The van der Waals surface area contributed by atoms with Crippen LogP contribution in [0.2, 0.25) is 0 Å². The Balaban J connectivity index is 1.73. The summed E-state index contributed by atoms with van der Waals surface area (Å²) in [7, 11) is 0. The highest BCUT2D eigenvalue weighted by atomic mass is 32.1. The molecule has 0 aliphatic carbocycles. The zero-order chi connectivity index (χ0) is 21.2. The van der Waals surface area contributed by atoms with E-state index in [1.807, 2.05) is 49.9 Å². The molecule has 8 nitrogen and oxygen atoms in total. The van der Waals surface area contributed by atoms with Gasteiger partial charge in [-0.05, 0) is 39.1 Å². The molecule has 1 fully saturated rings. The third-order valence-corrected chi connectivity index (χ3v) is 7.39. The van der Waals surface area contributed by atoms with Gasteiger partial charge >= 0.3 is 0 Å². The fourth-order valence-corrected chi connectivity index (χ4v) is 5.97. The Bertz CT molecular complexity index is 1250. The Morgan fingerprint density at radius 3 is 2.53 bits per heavy atom. The first kappa shape index (κ1) is 19.3. The zero-order valence-electron chi connectivity index (χ0n) is 17.0. The smallest absolute Gasteiger partial charge is 0.289 e. The quantitative estimate of drug-likeness (QED) is 0.687. The van der Waals surface area contributed by atoms with Crippen LogP contribution in [0.3, 0.4) is 0 Å². The molecule has 0 saturated carbocycles. The fourth-order valence-electron chi connectivity index (χ4n) is 4.44. The number of carbonyl (C=O) groups is 1. The van der Waals surface area contributed by atoms with Crippen LogP contribution < -0.4 is 25.2 Å². The molecule has 10 heteroatoms. The second-order valence-corrected chi connectivity index (χ2v) is 8.61. The molecule has 4 heterocycles. The van der Waals surface area contributed by atoms with Gasteiger partial charge in [0.05, 0.1) is 11.3 Å². The minimum absolute atomic E-state index is 0.137. The molecular weight excluding hydrogens is 420 g/mol. The molecule has 0 spiro atoms. The van der Waals surface area contributed by atoms with Gasteiger partial charge in [0.25, 0.3) is 11.5 Å². The predicted molar refractivity (Wildman–Crippen MR) is 121 cm³/mol.